The molecule has 0 amide bonds. The van der Waals surface area contributed by atoms with Crippen LogP contribution in [0.15, 0.2) is 30.9 Å². The number of rotatable bonds is 3. The van der Waals surface area contributed by atoms with Gasteiger partial charge in [0, 0.05) is 36.8 Å². The minimum absolute atomic E-state index is 0.144. The van der Waals surface area contributed by atoms with Crippen LogP contribution in [0.2, 0.25) is 0 Å². The number of hydrogen-bond acceptors (Lipinski definition) is 4. The molecule has 0 bridgehead atoms. The summed E-state index contributed by atoms with van der Waals surface area (Å²) in [4.78, 5) is 16.1. The first-order chi connectivity index (χ1) is 8.08. The summed E-state index contributed by atoms with van der Waals surface area (Å²) < 4.78 is 1.62. The lowest BCUT2D eigenvalue weighted by molar-refractivity contribution is 0.0961. The SMILES string of the molecule is Cc1cncc(C(=O)C(N)c2cnn(C)c2)c1. The van der Waals surface area contributed by atoms with Gasteiger partial charge in [0.05, 0.1) is 12.2 Å². The van der Waals surface area contributed by atoms with Crippen molar-refractivity contribution in [3.05, 3.63) is 47.5 Å². The third-order valence-corrected chi connectivity index (χ3v) is 2.53. The largest absolute Gasteiger partial charge is 0.317 e. The van der Waals surface area contributed by atoms with Crippen LogP contribution in [0.25, 0.3) is 0 Å². The predicted molar refractivity (Wildman–Crippen MR) is 63.4 cm³/mol. The van der Waals surface area contributed by atoms with Gasteiger partial charge in [-0.25, -0.2) is 0 Å². The van der Waals surface area contributed by atoms with E-state index in [0.717, 1.165) is 5.56 Å². The Bertz CT molecular complexity index is 547. The van der Waals surface area contributed by atoms with Crippen LogP contribution in [0.1, 0.15) is 27.5 Å². The maximum absolute atomic E-state index is 12.1. The highest BCUT2D eigenvalue weighted by molar-refractivity contribution is 6.00. The Hall–Kier alpha value is -2.01. The molecule has 5 nitrogen and oxygen atoms in total. The highest BCUT2D eigenvalue weighted by Crippen LogP contribution is 2.15. The zero-order chi connectivity index (χ0) is 12.4. The molecule has 2 rings (SSSR count). The number of aryl methyl sites for hydroxylation is 2. The fourth-order valence-corrected chi connectivity index (χ4v) is 1.62. The molecule has 0 aliphatic heterocycles. The van der Waals surface area contributed by atoms with Gasteiger partial charge < -0.3 is 5.73 Å². The predicted octanol–water partition coefficient (Wildman–Crippen LogP) is 1.01. The average Bonchev–Trinajstić information content (AvgIpc) is 2.74. The molecule has 2 heterocycles. The summed E-state index contributed by atoms with van der Waals surface area (Å²) in [6.45, 7) is 1.89. The maximum Gasteiger partial charge on any atom is 0.185 e. The molecule has 2 aromatic heterocycles. The maximum atomic E-state index is 12.1. The molecule has 2 N–H and O–H groups in total. The van der Waals surface area contributed by atoms with Gasteiger partial charge in [-0.2, -0.15) is 5.10 Å². The molecule has 88 valence electrons. The second-order valence-electron chi connectivity index (χ2n) is 4.04. The van der Waals surface area contributed by atoms with Crippen molar-refractivity contribution in [2.75, 3.05) is 0 Å². The molecule has 5 heteroatoms. The van der Waals surface area contributed by atoms with Gasteiger partial charge in [-0.3, -0.25) is 14.5 Å². The normalized spacial score (nSPS) is 12.4. The van der Waals surface area contributed by atoms with Crippen molar-refractivity contribution in [1.82, 2.24) is 14.8 Å². The van der Waals surface area contributed by atoms with Gasteiger partial charge in [0.15, 0.2) is 5.78 Å². The molecule has 0 spiro atoms. The summed E-state index contributed by atoms with van der Waals surface area (Å²) in [6, 6.07) is 1.10. The van der Waals surface area contributed by atoms with Crippen LogP contribution in [0.5, 0.6) is 0 Å². The van der Waals surface area contributed by atoms with E-state index in [2.05, 4.69) is 10.1 Å². The Morgan fingerprint density at radius 3 is 2.76 bits per heavy atom. The topological polar surface area (TPSA) is 73.8 Å². The van der Waals surface area contributed by atoms with Gasteiger partial charge in [0.25, 0.3) is 0 Å². The van der Waals surface area contributed by atoms with Gasteiger partial charge >= 0.3 is 0 Å². The van der Waals surface area contributed by atoms with Crippen molar-refractivity contribution in [2.45, 2.75) is 13.0 Å². The number of pyridine rings is 1. The van der Waals surface area contributed by atoms with Crippen molar-refractivity contribution in [3.8, 4) is 0 Å². The van der Waals surface area contributed by atoms with E-state index in [4.69, 9.17) is 5.73 Å². The Balaban J connectivity index is 2.26. The standard InChI is InChI=1S/C12H14N4O/c1-8-3-9(5-14-4-8)12(17)11(13)10-6-15-16(2)7-10/h3-7,11H,13H2,1-2H3. The molecule has 0 fully saturated rings. The van der Waals surface area contributed by atoms with E-state index in [0.29, 0.717) is 11.1 Å². The van der Waals surface area contributed by atoms with E-state index >= 15 is 0 Å². The molecule has 1 unspecified atom stereocenters. The number of carbonyl (C=O) groups is 1. The molecule has 0 aromatic carbocycles. The molecule has 17 heavy (non-hydrogen) atoms. The van der Waals surface area contributed by atoms with Crippen molar-refractivity contribution in [3.63, 3.8) is 0 Å². The summed E-state index contributed by atoms with van der Waals surface area (Å²) in [7, 11) is 1.79. The van der Waals surface area contributed by atoms with Crippen molar-refractivity contribution in [2.24, 2.45) is 12.8 Å². The minimum atomic E-state index is -0.688. The Morgan fingerprint density at radius 1 is 1.41 bits per heavy atom. The van der Waals surface area contributed by atoms with Crippen LogP contribution in [-0.4, -0.2) is 20.5 Å². The lowest BCUT2D eigenvalue weighted by Gasteiger charge is -2.08. The van der Waals surface area contributed by atoms with Crippen molar-refractivity contribution in [1.29, 1.82) is 0 Å². The molecular weight excluding hydrogens is 216 g/mol. The lowest BCUT2D eigenvalue weighted by Crippen LogP contribution is -2.21. The average molecular weight is 230 g/mol. The third-order valence-electron chi connectivity index (χ3n) is 2.53. The second-order valence-corrected chi connectivity index (χ2v) is 4.04. The number of nitrogens with two attached hydrogens (primary N) is 1. The summed E-state index contributed by atoms with van der Waals surface area (Å²) in [5, 5.41) is 4.00. The van der Waals surface area contributed by atoms with Crippen LogP contribution >= 0.6 is 0 Å². The van der Waals surface area contributed by atoms with E-state index < -0.39 is 6.04 Å². The Kier molecular flexibility index (Phi) is 3.01. The summed E-state index contributed by atoms with van der Waals surface area (Å²) in [6.07, 6.45) is 6.58. The molecule has 0 aliphatic carbocycles. The van der Waals surface area contributed by atoms with E-state index in [1.807, 2.05) is 6.92 Å². The number of Topliss-reactive ketones (excluding diaryl/α,β-unsaturated/α-hetero) is 1. The highest BCUT2D eigenvalue weighted by atomic mass is 16.1. The van der Waals surface area contributed by atoms with Gasteiger partial charge in [-0.1, -0.05) is 0 Å². The van der Waals surface area contributed by atoms with Gasteiger partial charge in [-0.05, 0) is 18.6 Å². The van der Waals surface area contributed by atoms with Gasteiger partial charge in [0.2, 0.25) is 0 Å². The van der Waals surface area contributed by atoms with Crippen LogP contribution < -0.4 is 5.73 Å². The number of aromatic nitrogens is 3. The third kappa shape index (κ3) is 2.39. The van der Waals surface area contributed by atoms with E-state index in [-0.39, 0.29) is 5.78 Å². The molecular formula is C12H14N4O. The fourth-order valence-electron chi connectivity index (χ4n) is 1.62. The minimum Gasteiger partial charge on any atom is -0.317 e. The smallest absolute Gasteiger partial charge is 0.185 e. The molecule has 0 radical (unpaired) electrons. The quantitative estimate of drug-likeness (QED) is 0.798. The number of carbonyl (C=O) groups excluding carboxylic acids is 1. The van der Waals surface area contributed by atoms with Crippen molar-refractivity contribution >= 4 is 5.78 Å². The zero-order valence-corrected chi connectivity index (χ0v) is 9.79. The van der Waals surface area contributed by atoms with Gasteiger partial charge in [-0.15, -0.1) is 0 Å². The molecule has 0 aliphatic rings. The van der Waals surface area contributed by atoms with Crippen LogP contribution in [0.3, 0.4) is 0 Å². The molecule has 2 aromatic rings. The Morgan fingerprint density at radius 2 is 2.18 bits per heavy atom. The van der Waals surface area contributed by atoms with Gasteiger partial charge in [0.1, 0.15) is 0 Å². The first-order valence-electron chi connectivity index (χ1n) is 5.28. The second kappa shape index (κ2) is 4.47. The van der Waals surface area contributed by atoms with Crippen LogP contribution in [-0.2, 0) is 7.05 Å². The summed E-state index contributed by atoms with van der Waals surface area (Å²) >= 11 is 0. The monoisotopic (exact) mass is 230 g/mol. The number of hydrogen-bond donors (Lipinski definition) is 1. The van der Waals surface area contributed by atoms with Crippen LogP contribution in [0.4, 0.5) is 0 Å². The van der Waals surface area contributed by atoms with Crippen LogP contribution in [0, 0.1) is 6.92 Å². The zero-order valence-electron chi connectivity index (χ0n) is 9.79. The fraction of sp³-hybridized carbons (Fsp3) is 0.250. The Labute approximate surface area is 99.3 Å². The van der Waals surface area contributed by atoms with E-state index in [1.165, 1.54) is 6.20 Å². The first-order valence-corrected chi connectivity index (χ1v) is 5.28. The molecule has 0 saturated heterocycles. The molecule has 1 atom stereocenters. The lowest BCUT2D eigenvalue weighted by atomic mass is 10.0. The summed E-state index contributed by atoms with van der Waals surface area (Å²) in [5.41, 5.74) is 8.08. The highest BCUT2D eigenvalue weighted by Gasteiger charge is 2.19. The first kappa shape index (κ1) is 11.5. The summed E-state index contributed by atoms with van der Waals surface area (Å²) in [5.74, 6) is -0.144. The van der Waals surface area contributed by atoms with Crippen molar-refractivity contribution < 1.29 is 4.79 Å². The number of ketones is 1. The van der Waals surface area contributed by atoms with E-state index in [9.17, 15) is 4.79 Å². The van der Waals surface area contributed by atoms with E-state index in [1.54, 1.807) is 36.4 Å². The number of nitrogens with zero attached hydrogens (tertiary/aromatic N) is 3. The molecule has 0 saturated carbocycles.